The van der Waals surface area contributed by atoms with Crippen LogP contribution < -0.4 is 5.73 Å². The van der Waals surface area contributed by atoms with Gasteiger partial charge >= 0.3 is 0 Å². The van der Waals surface area contributed by atoms with Crippen molar-refractivity contribution in [1.29, 1.82) is 0 Å². The van der Waals surface area contributed by atoms with Gasteiger partial charge in [-0.05, 0) is 18.2 Å². The van der Waals surface area contributed by atoms with Gasteiger partial charge in [0, 0.05) is 37.5 Å². The van der Waals surface area contributed by atoms with Gasteiger partial charge in [-0.15, -0.1) is 0 Å². The predicted molar refractivity (Wildman–Crippen MR) is 125 cm³/mol. The Labute approximate surface area is 179 Å². The molecule has 3 rings (SSSR count). The number of hydrogen-bond acceptors (Lipinski definition) is 5. The lowest BCUT2D eigenvalue weighted by atomic mass is 9.87. The minimum atomic E-state index is -1.16. The molecule has 0 fully saturated rings. The monoisotopic (exact) mass is 424 g/mol. The number of ether oxygens (including phenoxy) is 1. The summed E-state index contributed by atoms with van der Waals surface area (Å²) in [7, 11) is -1.16. The number of Topliss-reactive ketones (excluding diaryl/α,β-unsaturated/α-hetero) is 1. The molecule has 0 unspecified atom stereocenters. The fourth-order valence-corrected chi connectivity index (χ4v) is 3.86. The standard InChI is InChI=1S/C23H32N4O2Si/c1-23(2,3)21(28)18-14-27(15-29-10-11-30(4,5)6)22-20(18)26-19(13-25-22)16-8-7-9-17(24)12-16/h7-9,12-14H,10-11,15,24H2,1-6H3. The van der Waals surface area contributed by atoms with Crippen LogP contribution in [0.2, 0.25) is 25.7 Å². The number of nitrogens with zero attached hydrogens (tertiary/aromatic N) is 3. The average molecular weight is 425 g/mol. The van der Waals surface area contributed by atoms with Crippen molar-refractivity contribution in [1.82, 2.24) is 14.5 Å². The van der Waals surface area contributed by atoms with Gasteiger partial charge in [-0.2, -0.15) is 0 Å². The number of carbonyl (C=O) groups is 1. The van der Waals surface area contributed by atoms with E-state index >= 15 is 0 Å². The Balaban J connectivity index is 2.00. The second kappa shape index (κ2) is 8.32. The van der Waals surface area contributed by atoms with Crippen LogP contribution in [0.5, 0.6) is 0 Å². The number of fused-ring (bicyclic) bond motifs is 1. The summed E-state index contributed by atoms with van der Waals surface area (Å²) in [5.41, 5.74) is 9.46. The first kappa shape index (κ1) is 22.2. The molecule has 0 aliphatic carbocycles. The quantitative estimate of drug-likeness (QED) is 0.243. The number of rotatable bonds is 7. The molecule has 0 radical (unpaired) electrons. The first-order valence-corrected chi connectivity index (χ1v) is 14.0. The average Bonchev–Trinajstić information content (AvgIpc) is 3.01. The van der Waals surface area contributed by atoms with E-state index in [9.17, 15) is 4.79 Å². The van der Waals surface area contributed by atoms with E-state index in [4.69, 9.17) is 15.5 Å². The van der Waals surface area contributed by atoms with E-state index < -0.39 is 13.5 Å². The van der Waals surface area contributed by atoms with Gasteiger partial charge in [-0.25, -0.2) is 9.97 Å². The topological polar surface area (TPSA) is 83.0 Å². The van der Waals surface area contributed by atoms with Crippen LogP contribution >= 0.6 is 0 Å². The molecule has 2 aromatic heterocycles. The molecule has 1 aromatic carbocycles. The number of ketones is 1. The summed E-state index contributed by atoms with van der Waals surface area (Å²) in [6, 6.07) is 8.60. The number of aromatic nitrogens is 3. The normalized spacial score (nSPS) is 12.5. The van der Waals surface area contributed by atoms with Crippen molar-refractivity contribution in [3.05, 3.63) is 42.2 Å². The lowest BCUT2D eigenvalue weighted by molar-refractivity contribution is 0.0849. The first-order valence-electron chi connectivity index (χ1n) is 10.3. The third kappa shape index (κ3) is 5.15. The molecule has 2 heterocycles. The van der Waals surface area contributed by atoms with E-state index in [1.54, 1.807) is 6.20 Å². The molecule has 0 aliphatic rings. The molecule has 0 atom stereocenters. The van der Waals surface area contributed by atoms with Gasteiger partial charge in [0.1, 0.15) is 12.2 Å². The summed E-state index contributed by atoms with van der Waals surface area (Å²) < 4.78 is 7.80. The third-order valence-corrected chi connectivity index (χ3v) is 6.60. The largest absolute Gasteiger partial charge is 0.399 e. The van der Waals surface area contributed by atoms with Gasteiger partial charge in [-0.1, -0.05) is 52.5 Å². The van der Waals surface area contributed by atoms with Crippen molar-refractivity contribution in [3.8, 4) is 11.3 Å². The summed E-state index contributed by atoms with van der Waals surface area (Å²) in [6.45, 7) is 13.8. The van der Waals surface area contributed by atoms with Crippen LogP contribution in [0, 0.1) is 5.41 Å². The van der Waals surface area contributed by atoms with Crippen molar-refractivity contribution in [2.24, 2.45) is 5.41 Å². The second-order valence-corrected chi connectivity index (χ2v) is 15.6. The number of nitrogens with two attached hydrogens (primary N) is 1. The highest BCUT2D eigenvalue weighted by Gasteiger charge is 2.28. The Kier molecular flexibility index (Phi) is 6.15. The highest BCUT2D eigenvalue weighted by atomic mass is 28.3. The molecule has 7 heteroatoms. The minimum Gasteiger partial charge on any atom is -0.399 e. The predicted octanol–water partition coefficient (Wildman–Crippen LogP) is 5.22. The molecule has 2 N–H and O–H groups in total. The third-order valence-electron chi connectivity index (χ3n) is 4.90. The van der Waals surface area contributed by atoms with Gasteiger partial charge in [-0.3, -0.25) is 4.79 Å². The van der Waals surface area contributed by atoms with E-state index in [0.717, 1.165) is 11.6 Å². The van der Waals surface area contributed by atoms with Crippen LogP contribution in [0.25, 0.3) is 22.4 Å². The van der Waals surface area contributed by atoms with Crippen LogP contribution in [0.4, 0.5) is 5.69 Å². The van der Waals surface area contributed by atoms with Crippen LogP contribution in [-0.2, 0) is 11.5 Å². The number of nitrogen functional groups attached to an aromatic ring is 1. The van der Waals surface area contributed by atoms with E-state index in [-0.39, 0.29) is 5.78 Å². The summed E-state index contributed by atoms with van der Waals surface area (Å²) in [5, 5.41) is 0. The first-order chi connectivity index (χ1) is 14.0. The van der Waals surface area contributed by atoms with Gasteiger partial charge in [0.25, 0.3) is 0 Å². The zero-order chi connectivity index (χ0) is 22.1. The van der Waals surface area contributed by atoms with Crippen LogP contribution in [0.3, 0.4) is 0 Å². The summed E-state index contributed by atoms with van der Waals surface area (Å²) >= 11 is 0. The van der Waals surface area contributed by atoms with Crippen molar-refractivity contribution < 1.29 is 9.53 Å². The van der Waals surface area contributed by atoms with E-state index in [1.807, 2.05) is 55.8 Å². The SMILES string of the molecule is CC(C)(C)C(=O)c1cn(COCC[Si](C)(C)C)c2ncc(-c3cccc(N)c3)nc12. The zero-order valence-corrected chi connectivity index (χ0v) is 19.8. The van der Waals surface area contributed by atoms with Crippen molar-refractivity contribution in [3.63, 3.8) is 0 Å². The molecular weight excluding hydrogens is 392 g/mol. The fourth-order valence-electron chi connectivity index (χ4n) is 3.10. The Hall–Kier alpha value is -2.51. The fraction of sp³-hybridized carbons (Fsp3) is 0.435. The summed E-state index contributed by atoms with van der Waals surface area (Å²) in [5.74, 6) is 0.0346. The minimum absolute atomic E-state index is 0.0346. The molecule has 0 saturated heterocycles. The lowest BCUT2D eigenvalue weighted by Gasteiger charge is -2.16. The highest BCUT2D eigenvalue weighted by Crippen LogP contribution is 2.29. The smallest absolute Gasteiger partial charge is 0.171 e. The summed E-state index contributed by atoms with van der Waals surface area (Å²) in [6.07, 6.45) is 3.55. The maximum absolute atomic E-state index is 13.1. The van der Waals surface area contributed by atoms with Crippen LogP contribution in [0.15, 0.2) is 36.7 Å². The highest BCUT2D eigenvalue weighted by molar-refractivity contribution is 6.76. The summed E-state index contributed by atoms with van der Waals surface area (Å²) in [4.78, 5) is 22.6. The number of hydrogen-bond donors (Lipinski definition) is 1. The van der Waals surface area contributed by atoms with Gasteiger partial charge in [0.05, 0.1) is 17.5 Å². The molecule has 3 aromatic rings. The zero-order valence-electron chi connectivity index (χ0n) is 18.8. The van der Waals surface area contributed by atoms with Crippen molar-refractivity contribution in [2.45, 2.75) is 53.2 Å². The Bertz CT molecular complexity index is 1060. The molecule has 6 nitrogen and oxygen atoms in total. The lowest BCUT2D eigenvalue weighted by Crippen LogP contribution is -2.22. The van der Waals surface area contributed by atoms with Crippen molar-refractivity contribution >= 4 is 30.7 Å². The number of anilines is 1. The molecule has 0 aliphatic heterocycles. The number of benzene rings is 1. The number of carbonyl (C=O) groups excluding carboxylic acids is 1. The Morgan fingerprint density at radius 3 is 2.60 bits per heavy atom. The van der Waals surface area contributed by atoms with Crippen molar-refractivity contribution in [2.75, 3.05) is 12.3 Å². The van der Waals surface area contributed by atoms with Gasteiger partial charge in [0.2, 0.25) is 0 Å². The molecule has 0 amide bonds. The molecular formula is C23H32N4O2Si. The molecule has 160 valence electrons. The molecule has 30 heavy (non-hydrogen) atoms. The maximum atomic E-state index is 13.1. The second-order valence-electron chi connectivity index (χ2n) is 9.99. The molecule has 0 spiro atoms. The molecule has 0 saturated carbocycles. The Morgan fingerprint density at radius 2 is 1.97 bits per heavy atom. The molecule has 0 bridgehead atoms. The van der Waals surface area contributed by atoms with E-state index in [0.29, 0.717) is 41.4 Å². The Morgan fingerprint density at radius 1 is 1.23 bits per heavy atom. The van der Waals surface area contributed by atoms with E-state index in [2.05, 4.69) is 24.6 Å². The van der Waals surface area contributed by atoms with E-state index in [1.165, 1.54) is 0 Å². The van der Waals surface area contributed by atoms with Crippen LogP contribution in [0.1, 0.15) is 31.1 Å². The van der Waals surface area contributed by atoms with Crippen LogP contribution in [-0.4, -0.2) is 35.0 Å². The van der Waals surface area contributed by atoms with Gasteiger partial charge in [0.15, 0.2) is 11.4 Å². The maximum Gasteiger partial charge on any atom is 0.171 e. The van der Waals surface area contributed by atoms with Gasteiger partial charge < -0.3 is 15.0 Å².